The third kappa shape index (κ3) is 13.5. The van der Waals surface area contributed by atoms with Crippen molar-refractivity contribution >= 4 is 5.91 Å². The zero-order valence-corrected chi connectivity index (χ0v) is 14.6. The lowest BCUT2D eigenvalue weighted by molar-refractivity contribution is -0.118. The number of carbonyl (C=O) groups is 1. The Morgan fingerprint density at radius 2 is 1.86 bits per heavy atom. The van der Waals surface area contributed by atoms with E-state index in [1.165, 1.54) is 14.0 Å². The monoisotopic (exact) mass is 304 g/mol. The number of allylic oxidation sites excluding steroid dienone is 1. The first-order valence-corrected chi connectivity index (χ1v) is 7.48. The molecular formula is C16H33FN2O2. The number of alkyl halides is 1. The summed E-state index contributed by atoms with van der Waals surface area (Å²) in [4.78, 5) is 10.6. The van der Waals surface area contributed by atoms with Crippen LogP contribution in [0.15, 0.2) is 23.8 Å². The minimum absolute atomic E-state index is 0.0968. The highest BCUT2D eigenvalue weighted by Crippen LogP contribution is 2.11. The molecule has 126 valence electrons. The molecule has 21 heavy (non-hydrogen) atoms. The molecule has 0 fully saturated rings. The number of nitrogens with one attached hydrogen (secondary N) is 1. The normalized spacial score (nSPS) is 13.5. The first-order chi connectivity index (χ1) is 10.1. The minimum atomic E-state index is -0.684. The van der Waals surface area contributed by atoms with Gasteiger partial charge in [-0.25, -0.2) is 4.39 Å². The van der Waals surface area contributed by atoms with Crippen LogP contribution >= 0.6 is 0 Å². The number of hydrogen-bond donors (Lipinski definition) is 2. The SMILES string of the molecule is C/C=C(\C=C/CNC(C)=O)C(OC)C(N)CF.CC.CC. The molecule has 0 heterocycles. The molecule has 2 atom stereocenters. The highest BCUT2D eigenvalue weighted by atomic mass is 19.1. The van der Waals surface area contributed by atoms with Crippen LogP contribution in [-0.4, -0.2) is 38.4 Å². The molecule has 0 radical (unpaired) electrons. The lowest BCUT2D eigenvalue weighted by Gasteiger charge is -2.21. The van der Waals surface area contributed by atoms with Crippen molar-refractivity contribution < 1.29 is 13.9 Å². The van der Waals surface area contributed by atoms with E-state index < -0.39 is 18.8 Å². The van der Waals surface area contributed by atoms with Gasteiger partial charge in [-0.05, 0) is 12.5 Å². The molecule has 1 amide bonds. The maximum Gasteiger partial charge on any atom is 0.217 e. The molecule has 0 aliphatic heterocycles. The maximum absolute atomic E-state index is 12.5. The average Bonchev–Trinajstić information content (AvgIpc) is 2.53. The number of hydrogen-bond acceptors (Lipinski definition) is 3. The van der Waals surface area contributed by atoms with E-state index in [9.17, 15) is 9.18 Å². The number of nitrogens with two attached hydrogens (primary N) is 1. The van der Waals surface area contributed by atoms with Gasteiger partial charge in [0.15, 0.2) is 0 Å². The zero-order chi connectivity index (χ0) is 17.3. The summed E-state index contributed by atoms with van der Waals surface area (Å²) >= 11 is 0. The number of rotatable bonds is 7. The van der Waals surface area contributed by atoms with Gasteiger partial charge in [0, 0.05) is 20.6 Å². The number of methoxy groups -OCH3 is 1. The first kappa shape index (κ1) is 24.8. The fourth-order valence-electron chi connectivity index (χ4n) is 1.39. The van der Waals surface area contributed by atoms with Gasteiger partial charge < -0.3 is 15.8 Å². The summed E-state index contributed by atoms with van der Waals surface area (Å²) in [5.41, 5.74) is 6.41. The summed E-state index contributed by atoms with van der Waals surface area (Å²) in [5.74, 6) is -0.0968. The quantitative estimate of drug-likeness (QED) is 0.711. The standard InChI is InChI=1S/C12H21FN2O2.2C2H6/c1-4-10(6-5-7-15-9(2)16)12(17-3)11(14)8-13;2*1-2/h4-6,11-12H,7-8,14H2,1-3H3,(H,15,16);2*1-2H3/b6-5-,10-4+;;. The van der Waals surface area contributed by atoms with Crippen LogP contribution in [-0.2, 0) is 9.53 Å². The molecule has 0 saturated carbocycles. The van der Waals surface area contributed by atoms with Crippen molar-refractivity contribution in [2.45, 2.75) is 53.7 Å². The number of ether oxygens (including phenoxy) is 1. The Morgan fingerprint density at radius 1 is 1.33 bits per heavy atom. The minimum Gasteiger partial charge on any atom is -0.375 e. The molecule has 0 spiro atoms. The number of amides is 1. The third-order valence-electron chi connectivity index (χ3n) is 2.26. The molecule has 0 aliphatic rings. The van der Waals surface area contributed by atoms with E-state index in [-0.39, 0.29) is 5.91 Å². The smallest absolute Gasteiger partial charge is 0.217 e. The molecule has 4 nitrogen and oxygen atoms in total. The fraction of sp³-hybridized carbons (Fsp3) is 0.688. The number of halogens is 1. The average molecular weight is 304 g/mol. The summed E-state index contributed by atoms with van der Waals surface area (Å²) in [6.45, 7) is 11.1. The summed E-state index contributed by atoms with van der Waals surface area (Å²) in [7, 11) is 1.49. The highest BCUT2D eigenvalue weighted by Gasteiger charge is 2.19. The Labute approximate surface area is 129 Å². The van der Waals surface area contributed by atoms with Crippen molar-refractivity contribution in [1.82, 2.24) is 5.32 Å². The molecule has 0 aromatic heterocycles. The Balaban J connectivity index is -0.000000739. The van der Waals surface area contributed by atoms with Gasteiger partial charge in [0.25, 0.3) is 0 Å². The van der Waals surface area contributed by atoms with E-state index in [0.29, 0.717) is 6.54 Å². The van der Waals surface area contributed by atoms with Crippen LogP contribution < -0.4 is 11.1 Å². The van der Waals surface area contributed by atoms with Gasteiger partial charge in [-0.3, -0.25) is 4.79 Å². The van der Waals surface area contributed by atoms with E-state index >= 15 is 0 Å². The van der Waals surface area contributed by atoms with Crippen molar-refractivity contribution in [2.24, 2.45) is 5.73 Å². The topological polar surface area (TPSA) is 64.3 Å². The second-order valence-electron chi connectivity index (χ2n) is 3.60. The van der Waals surface area contributed by atoms with Crippen molar-refractivity contribution in [3.8, 4) is 0 Å². The molecule has 3 N–H and O–H groups in total. The maximum atomic E-state index is 12.5. The van der Waals surface area contributed by atoms with Gasteiger partial charge >= 0.3 is 0 Å². The Kier molecular flexibility index (Phi) is 22.2. The third-order valence-corrected chi connectivity index (χ3v) is 2.26. The van der Waals surface area contributed by atoms with E-state index in [1.54, 1.807) is 12.2 Å². The molecule has 0 rings (SSSR count). The molecule has 0 aromatic rings. The summed E-state index contributed by atoms with van der Waals surface area (Å²) < 4.78 is 17.7. The predicted molar refractivity (Wildman–Crippen MR) is 89.0 cm³/mol. The zero-order valence-electron chi connectivity index (χ0n) is 14.6. The van der Waals surface area contributed by atoms with E-state index in [1.807, 2.05) is 40.7 Å². The molecule has 0 aliphatic carbocycles. The summed E-state index contributed by atoms with van der Waals surface area (Å²) in [6.07, 6.45) is 4.89. The van der Waals surface area contributed by atoms with Crippen LogP contribution in [0.2, 0.25) is 0 Å². The van der Waals surface area contributed by atoms with Gasteiger partial charge in [-0.15, -0.1) is 0 Å². The first-order valence-electron chi connectivity index (χ1n) is 7.48. The van der Waals surface area contributed by atoms with Crippen molar-refractivity contribution in [3.05, 3.63) is 23.8 Å². The van der Waals surface area contributed by atoms with Crippen LogP contribution in [0.1, 0.15) is 41.5 Å². The molecule has 2 unspecified atom stereocenters. The van der Waals surface area contributed by atoms with Gasteiger partial charge in [0.1, 0.15) is 6.67 Å². The van der Waals surface area contributed by atoms with Crippen molar-refractivity contribution in [2.75, 3.05) is 20.3 Å². The summed E-state index contributed by atoms with van der Waals surface area (Å²) in [5, 5.41) is 2.63. The number of carbonyl (C=O) groups excluding carboxylic acids is 1. The van der Waals surface area contributed by atoms with Gasteiger partial charge in [-0.1, -0.05) is 45.9 Å². The molecular weight excluding hydrogens is 271 g/mol. The Morgan fingerprint density at radius 3 is 2.19 bits per heavy atom. The lowest BCUT2D eigenvalue weighted by atomic mass is 10.0. The Bertz CT molecular complexity index is 292. The predicted octanol–water partition coefficient (Wildman–Crippen LogP) is 2.99. The second-order valence-corrected chi connectivity index (χ2v) is 3.60. The van der Waals surface area contributed by atoms with E-state index in [0.717, 1.165) is 5.57 Å². The lowest BCUT2D eigenvalue weighted by Crippen LogP contribution is -2.39. The van der Waals surface area contributed by atoms with E-state index in [2.05, 4.69) is 5.32 Å². The second kappa shape index (κ2) is 18.8. The van der Waals surface area contributed by atoms with Crippen molar-refractivity contribution in [1.29, 1.82) is 0 Å². The van der Waals surface area contributed by atoms with Gasteiger partial charge in [0.05, 0.1) is 12.1 Å². The van der Waals surface area contributed by atoms with Crippen LogP contribution in [0.5, 0.6) is 0 Å². The van der Waals surface area contributed by atoms with Gasteiger partial charge in [-0.2, -0.15) is 0 Å². The molecule has 5 heteroatoms. The van der Waals surface area contributed by atoms with Crippen LogP contribution in [0.3, 0.4) is 0 Å². The van der Waals surface area contributed by atoms with Crippen LogP contribution in [0.4, 0.5) is 4.39 Å². The van der Waals surface area contributed by atoms with Crippen LogP contribution in [0.25, 0.3) is 0 Å². The Hall–Kier alpha value is -1.20. The molecule has 0 bridgehead atoms. The summed E-state index contributed by atoms with van der Waals surface area (Å²) in [6, 6.07) is -0.684. The van der Waals surface area contributed by atoms with E-state index in [4.69, 9.17) is 10.5 Å². The van der Waals surface area contributed by atoms with Gasteiger partial charge in [0.2, 0.25) is 5.91 Å². The fourth-order valence-corrected chi connectivity index (χ4v) is 1.39. The highest BCUT2D eigenvalue weighted by molar-refractivity contribution is 5.72. The molecule has 0 aromatic carbocycles. The molecule has 0 saturated heterocycles. The van der Waals surface area contributed by atoms with Crippen molar-refractivity contribution in [3.63, 3.8) is 0 Å². The van der Waals surface area contributed by atoms with Crippen LogP contribution in [0, 0.1) is 0 Å². The largest absolute Gasteiger partial charge is 0.375 e.